The molecular formula is C17H25BrN2O. The van der Waals surface area contributed by atoms with Gasteiger partial charge in [-0.15, -0.1) is 0 Å². The number of benzene rings is 1. The summed E-state index contributed by atoms with van der Waals surface area (Å²) in [5.74, 6) is 0.846. The second kappa shape index (κ2) is 8.41. The molecular weight excluding hydrogens is 328 g/mol. The summed E-state index contributed by atoms with van der Waals surface area (Å²) in [5, 5.41) is 8.97. The van der Waals surface area contributed by atoms with Crippen molar-refractivity contribution in [3.05, 3.63) is 28.2 Å². The Hall–Kier alpha value is -1.05. The fourth-order valence-corrected chi connectivity index (χ4v) is 2.53. The van der Waals surface area contributed by atoms with Crippen LogP contribution in [0.4, 0.5) is 0 Å². The quantitative estimate of drug-likeness (QED) is 0.703. The minimum Gasteiger partial charge on any atom is -0.492 e. The minimum absolute atomic E-state index is 0.205. The van der Waals surface area contributed by atoms with Crippen molar-refractivity contribution in [1.82, 2.24) is 0 Å². The summed E-state index contributed by atoms with van der Waals surface area (Å²) in [4.78, 5) is 0. The van der Waals surface area contributed by atoms with Gasteiger partial charge in [0, 0.05) is 6.04 Å². The van der Waals surface area contributed by atoms with E-state index >= 15 is 0 Å². The number of hydrogen-bond donors (Lipinski definition) is 1. The molecule has 1 aromatic carbocycles. The molecule has 0 bridgehead atoms. The molecule has 0 aromatic heterocycles. The zero-order chi connectivity index (χ0) is 15.9. The van der Waals surface area contributed by atoms with Crippen molar-refractivity contribution in [3.8, 4) is 11.8 Å². The van der Waals surface area contributed by atoms with E-state index < -0.39 is 0 Å². The highest BCUT2D eigenvalue weighted by Gasteiger charge is 2.15. The highest BCUT2D eigenvalue weighted by atomic mass is 79.9. The molecule has 4 heteroatoms. The number of halogens is 1. The van der Waals surface area contributed by atoms with Crippen LogP contribution in [0.5, 0.6) is 5.75 Å². The topological polar surface area (TPSA) is 59.0 Å². The first kappa shape index (κ1) is 18.0. The van der Waals surface area contributed by atoms with Crippen LogP contribution in [-0.2, 0) is 6.42 Å². The SMILES string of the molecule is CCC(N)Cc1ccc(OCCCC(C)(C)C#N)c(Br)c1. The molecule has 0 radical (unpaired) electrons. The first-order valence-corrected chi connectivity index (χ1v) is 8.25. The summed E-state index contributed by atoms with van der Waals surface area (Å²) in [6, 6.07) is 8.63. The summed E-state index contributed by atoms with van der Waals surface area (Å²) in [5.41, 5.74) is 6.91. The average molecular weight is 353 g/mol. The van der Waals surface area contributed by atoms with Crippen LogP contribution >= 0.6 is 15.9 Å². The van der Waals surface area contributed by atoms with Gasteiger partial charge in [-0.25, -0.2) is 0 Å². The Morgan fingerprint density at radius 1 is 1.43 bits per heavy atom. The van der Waals surface area contributed by atoms with Crippen LogP contribution in [0.25, 0.3) is 0 Å². The van der Waals surface area contributed by atoms with E-state index in [9.17, 15) is 0 Å². The van der Waals surface area contributed by atoms with Crippen LogP contribution in [0.3, 0.4) is 0 Å². The van der Waals surface area contributed by atoms with E-state index in [4.69, 9.17) is 15.7 Å². The molecule has 0 aliphatic heterocycles. The van der Waals surface area contributed by atoms with Gasteiger partial charge < -0.3 is 10.5 Å². The van der Waals surface area contributed by atoms with Gasteiger partial charge in [-0.05, 0) is 73.2 Å². The van der Waals surface area contributed by atoms with Crippen molar-refractivity contribution >= 4 is 15.9 Å². The number of ether oxygens (including phenoxy) is 1. The largest absolute Gasteiger partial charge is 0.492 e. The second-order valence-electron chi connectivity index (χ2n) is 6.08. The van der Waals surface area contributed by atoms with Gasteiger partial charge in [0.1, 0.15) is 5.75 Å². The van der Waals surface area contributed by atoms with Gasteiger partial charge in [-0.2, -0.15) is 5.26 Å². The lowest BCUT2D eigenvalue weighted by Crippen LogP contribution is -2.21. The number of nitrogens with two attached hydrogens (primary N) is 1. The molecule has 2 N–H and O–H groups in total. The molecule has 0 heterocycles. The van der Waals surface area contributed by atoms with E-state index in [0.29, 0.717) is 6.61 Å². The van der Waals surface area contributed by atoms with E-state index in [1.807, 2.05) is 19.9 Å². The summed E-state index contributed by atoms with van der Waals surface area (Å²) in [7, 11) is 0. The number of nitrogens with zero attached hydrogens (tertiary/aromatic N) is 1. The minimum atomic E-state index is -0.277. The summed E-state index contributed by atoms with van der Waals surface area (Å²) >= 11 is 3.55. The van der Waals surface area contributed by atoms with Gasteiger partial charge in [-0.1, -0.05) is 13.0 Å². The first-order chi connectivity index (χ1) is 9.88. The van der Waals surface area contributed by atoms with Gasteiger partial charge >= 0.3 is 0 Å². The molecule has 1 aromatic rings. The Balaban J connectivity index is 2.48. The summed E-state index contributed by atoms with van der Waals surface area (Å²) < 4.78 is 6.74. The zero-order valence-electron chi connectivity index (χ0n) is 13.2. The molecule has 1 unspecified atom stereocenters. The third-order valence-corrected chi connectivity index (χ3v) is 4.14. The predicted octanol–water partition coefficient (Wildman–Crippen LogP) is 4.44. The van der Waals surface area contributed by atoms with Crippen LogP contribution in [0.15, 0.2) is 22.7 Å². The van der Waals surface area contributed by atoms with Crippen LogP contribution in [0.1, 0.15) is 45.6 Å². The lowest BCUT2D eigenvalue weighted by Gasteiger charge is -2.15. The van der Waals surface area contributed by atoms with Crippen molar-refractivity contribution in [2.75, 3.05) is 6.61 Å². The molecule has 0 aliphatic carbocycles. The third kappa shape index (κ3) is 6.50. The van der Waals surface area contributed by atoms with Crippen molar-refractivity contribution in [2.24, 2.45) is 11.1 Å². The Bertz CT molecular complexity index is 494. The van der Waals surface area contributed by atoms with Gasteiger partial charge in [0.15, 0.2) is 0 Å². The molecule has 21 heavy (non-hydrogen) atoms. The maximum atomic E-state index is 8.97. The van der Waals surface area contributed by atoms with E-state index in [0.717, 1.165) is 35.9 Å². The van der Waals surface area contributed by atoms with Crippen LogP contribution < -0.4 is 10.5 Å². The highest BCUT2D eigenvalue weighted by Crippen LogP contribution is 2.27. The van der Waals surface area contributed by atoms with Gasteiger partial charge in [-0.3, -0.25) is 0 Å². The number of rotatable bonds is 8. The monoisotopic (exact) mass is 352 g/mol. The molecule has 3 nitrogen and oxygen atoms in total. The lowest BCUT2D eigenvalue weighted by molar-refractivity contribution is 0.282. The second-order valence-corrected chi connectivity index (χ2v) is 6.94. The van der Waals surface area contributed by atoms with Crippen molar-refractivity contribution in [1.29, 1.82) is 5.26 Å². The molecule has 0 saturated heterocycles. The van der Waals surface area contributed by atoms with Crippen LogP contribution in [0, 0.1) is 16.7 Å². The fourth-order valence-electron chi connectivity index (χ4n) is 1.99. The van der Waals surface area contributed by atoms with Crippen LogP contribution in [-0.4, -0.2) is 12.6 Å². The molecule has 1 rings (SSSR count). The zero-order valence-corrected chi connectivity index (χ0v) is 14.7. The Labute approximate surface area is 136 Å². The normalized spacial score (nSPS) is 12.8. The van der Waals surface area contributed by atoms with E-state index in [1.165, 1.54) is 5.56 Å². The lowest BCUT2D eigenvalue weighted by atomic mass is 9.90. The van der Waals surface area contributed by atoms with Crippen LogP contribution in [0.2, 0.25) is 0 Å². The molecule has 0 spiro atoms. The fraction of sp³-hybridized carbons (Fsp3) is 0.588. The third-order valence-electron chi connectivity index (χ3n) is 3.52. The molecule has 0 fully saturated rings. The molecule has 116 valence electrons. The number of nitriles is 1. The van der Waals surface area contributed by atoms with Crippen molar-refractivity contribution in [2.45, 2.75) is 52.5 Å². The maximum absolute atomic E-state index is 8.97. The van der Waals surface area contributed by atoms with E-state index in [1.54, 1.807) is 0 Å². The Kier molecular flexibility index (Phi) is 7.21. The maximum Gasteiger partial charge on any atom is 0.133 e. The molecule has 1 atom stereocenters. The Morgan fingerprint density at radius 3 is 2.71 bits per heavy atom. The van der Waals surface area contributed by atoms with Gasteiger partial charge in [0.05, 0.1) is 22.6 Å². The molecule has 0 aliphatic rings. The van der Waals surface area contributed by atoms with Crippen molar-refractivity contribution < 1.29 is 4.74 Å². The predicted molar refractivity (Wildman–Crippen MR) is 90.2 cm³/mol. The standard InChI is InChI=1S/C17H25BrN2O/c1-4-14(20)10-13-6-7-16(15(18)11-13)21-9-5-8-17(2,3)12-19/h6-7,11,14H,4-5,8-10,20H2,1-3H3. The smallest absolute Gasteiger partial charge is 0.133 e. The Morgan fingerprint density at radius 2 is 2.14 bits per heavy atom. The average Bonchev–Trinajstić information content (AvgIpc) is 2.45. The highest BCUT2D eigenvalue weighted by molar-refractivity contribution is 9.10. The van der Waals surface area contributed by atoms with E-state index in [-0.39, 0.29) is 11.5 Å². The first-order valence-electron chi connectivity index (χ1n) is 7.46. The molecule has 0 amide bonds. The van der Waals surface area contributed by atoms with Gasteiger partial charge in [0.25, 0.3) is 0 Å². The number of hydrogen-bond acceptors (Lipinski definition) is 3. The molecule has 0 saturated carbocycles. The van der Waals surface area contributed by atoms with E-state index in [2.05, 4.69) is 41.1 Å². The van der Waals surface area contributed by atoms with Crippen molar-refractivity contribution in [3.63, 3.8) is 0 Å². The summed E-state index contributed by atoms with van der Waals surface area (Å²) in [6.45, 7) is 6.63. The summed E-state index contributed by atoms with van der Waals surface area (Å²) in [6.07, 6.45) is 3.57. The van der Waals surface area contributed by atoms with Gasteiger partial charge in [0.2, 0.25) is 0 Å².